The highest BCUT2D eigenvalue weighted by Crippen LogP contribution is 2.36. The van der Waals surface area contributed by atoms with E-state index in [-0.39, 0.29) is 0 Å². The van der Waals surface area contributed by atoms with Crippen LogP contribution in [0, 0.1) is 11.3 Å². The minimum atomic E-state index is 0.607. The molecule has 0 aliphatic carbocycles. The first-order chi connectivity index (χ1) is 7.22. The third kappa shape index (κ3) is 2.19. The average molecular weight is 285 g/mol. The summed E-state index contributed by atoms with van der Waals surface area (Å²) in [6.07, 6.45) is 3.86. The fraction of sp³-hybridized carbons (Fsp3) is 0.545. The first kappa shape index (κ1) is 11.0. The van der Waals surface area contributed by atoms with Gasteiger partial charge in [-0.1, -0.05) is 0 Å². The van der Waals surface area contributed by atoms with Crippen LogP contribution in [0.15, 0.2) is 10.5 Å². The van der Waals surface area contributed by atoms with Gasteiger partial charge in [0.1, 0.15) is 10.9 Å². The van der Waals surface area contributed by atoms with Gasteiger partial charge >= 0.3 is 0 Å². The average Bonchev–Trinajstić information content (AvgIpc) is 2.60. The molecular weight excluding hydrogens is 272 g/mol. The number of thiophene rings is 1. The Kier molecular flexibility index (Phi) is 3.32. The van der Waals surface area contributed by atoms with Gasteiger partial charge in [0.25, 0.3) is 0 Å². The maximum absolute atomic E-state index is 8.91. The number of anilines is 1. The van der Waals surface area contributed by atoms with Crippen LogP contribution in [0.4, 0.5) is 5.00 Å². The minimum Gasteiger partial charge on any atom is -0.361 e. The Balaban J connectivity index is 2.25. The molecule has 0 saturated carbocycles. The lowest BCUT2D eigenvalue weighted by Gasteiger charge is -2.34. The molecule has 4 heteroatoms. The predicted molar refractivity (Wildman–Crippen MR) is 67.4 cm³/mol. The molecule has 1 aliphatic rings. The van der Waals surface area contributed by atoms with Gasteiger partial charge in [-0.05, 0) is 48.2 Å². The van der Waals surface area contributed by atoms with Crippen molar-refractivity contribution in [2.45, 2.75) is 32.2 Å². The summed E-state index contributed by atoms with van der Waals surface area (Å²) in [7, 11) is 0. The highest BCUT2D eigenvalue weighted by molar-refractivity contribution is 9.10. The molecule has 1 unspecified atom stereocenters. The molecule has 1 aliphatic heterocycles. The van der Waals surface area contributed by atoms with E-state index in [0.29, 0.717) is 6.04 Å². The standard InChI is InChI=1S/C11H13BrN2S/c1-8-4-2-3-5-14(8)11-6-9(12)10(7-13)15-11/h6,8H,2-5H2,1H3. The van der Waals surface area contributed by atoms with Crippen molar-refractivity contribution >= 4 is 32.3 Å². The Morgan fingerprint density at radius 3 is 3.00 bits per heavy atom. The number of halogens is 1. The number of rotatable bonds is 1. The van der Waals surface area contributed by atoms with Crippen LogP contribution >= 0.6 is 27.3 Å². The van der Waals surface area contributed by atoms with E-state index in [1.807, 2.05) is 0 Å². The summed E-state index contributed by atoms with van der Waals surface area (Å²) >= 11 is 5.01. The molecule has 0 radical (unpaired) electrons. The van der Waals surface area contributed by atoms with E-state index in [1.54, 1.807) is 11.3 Å². The molecule has 0 amide bonds. The smallest absolute Gasteiger partial charge is 0.121 e. The monoisotopic (exact) mass is 284 g/mol. The van der Waals surface area contributed by atoms with Crippen LogP contribution in [0.1, 0.15) is 31.1 Å². The molecule has 15 heavy (non-hydrogen) atoms. The number of nitriles is 1. The molecule has 1 aromatic heterocycles. The molecule has 2 heterocycles. The predicted octanol–water partition coefficient (Wildman–Crippen LogP) is 3.76. The summed E-state index contributed by atoms with van der Waals surface area (Å²) in [6.45, 7) is 3.39. The third-order valence-electron chi connectivity index (χ3n) is 2.86. The van der Waals surface area contributed by atoms with Crippen LogP contribution in [0.3, 0.4) is 0 Å². The van der Waals surface area contributed by atoms with Crippen molar-refractivity contribution in [1.82, 2.24) is 0 Å². The summed E-state index contributed by atoms with van der Waals surface area (Å²) in [6, 6.07) is 4.90. The van der Waals surface area contributed by atoms with Gasteiger partial charge in [-0.2, -0.15) is 5.26 Å². The zero-order valence-electron chi connectivity index (χ0n) is 8.66. The number of hydrogen-bond donors (Lipinski definition) is 0. The molecule has 0 bridgehead atoms. The first-order valence-electron chi connectivity index (χ1n) is 5.18. The van der Waals surface area contributed by atoms with E-state index in [1.165, 1.54) is 24.3 Å². The molecule has 0 spiro atoms. The second-order valence-electron chi connectivity index (χ2n) is 3.91. The summed E-state index contributed by atoms with van der Waals surface area (Å²) in [4.78, 5) is 3.20. The summed E-state index contributed by atoms with van der Waals surface area (Å²) in [5, 5.41) is 10.1. The quantitative estimate of drug-likeness (QED) is 0.785. The minimum absolute atomic E-state index is 0.607. The summed E-state index contributed by atoms with van der Waals surface area (Å²) in [5.74, 6) is 0. The number of nitrogens with zero attached hydrogens (tertiary/aromatic N) is 2. The molecule has 0 aromatic carbocycles. The van der Waals surface area contributed by atoms with E-state index < -0.39 is 0 Å². The van der Waals surface area contributed by atoms with Gasteiger partial charge in [0.15, 0.2) is 0 Å². The number of piperidine rings is 1. The van der Waals surface area contributed by atoms with Crippen molar-refractivity contribution in [2.75, 3.05) is 11.4 Å². The van der Waals surface area contributed by atoms with E-state index >= 15 is 0 Å². The lowest BCUT2D eigenvalue weighted by Crippen LogP contribution is -2.36. The fourth-order valence-corrected chi connectivity index (χ4v) is 3.68. The zero-order valence-corrected chi connectivity index (χ0v) is 11.1. The van der Waals surface area contributed by atoms with Crippen LogP contribution in [-0.2, 0) is 0 Å². The van der Waals surface area contributed by atoms with Gasteiger partial charge in [0, 0.05) is 17.1 Å². The van der Waals surface area contributed by atoms with E-state index in [0.717, 1.165) is 15.9 Å². The Hall–Kier alpha value is -0.530. The SMILES string of the molecule is CC1CCCCN1c1cc(Br)c(C#N)s1. The first-order valence-corrected chi connectivity index (χ1v) is 6.79. The maximum Gasteiger partial charge on any atom is 0.121 e. The highest BCUT2D eigenvalue weighted by Gasteiger charge is 2.21. The fourth-order valence-electron chi connectivity index (χ4n) is 2.00. The van der Waals surface area contributed by atoms with Gasteiger partial charge in [0.05, 0.1) is 5.00 Å². The molecule has 0 N–H and O–H groups in total. The van der Waals surface area contributed by atoms with E-state index in [4.69, 9.17) is 5.26 Å². The topological polar surface area (TPSA) is 27.0 Å². The molecule has 80 valence electrons. The van der Waals surface area contributed by atoms with Crippen LogP contribution in [0.25, 0.3) is 0 Å². The van der Waals surface area contributed by atoms with Crippen molar-refractivity contribution in [3.05, 3.63) is 15.4 Å². The largest absolute Gasteiger partial charge is 0.361 e. The van der Waals surface area contributed by atoms with E-state index in [9.17, 15) is 0 Å². The lowest BCUT2D eigenvalue weighted by molar-refractivity contribution is 0.487. The Bertz CT molecular complexity index is 394. The van der Waals surface area contributed by atoms with Crippen LogP contribution < -0.4 is 4.90 Å². The second-order valence-corrected chi connectivity index (χ2v) is 5.80. The molecule has 1 atom stereocenters. The van der Waals surface area contributed by atoms with E-state index in [2.05, 4.69) is 39.9 Å². The Morgan fingerprint density at radius 2 is 2.40 bits per heavy atom. The van der Waals surface area contributed by atoms with Gasteiger partial charge in [0.2, 0.25) is 0 Å². The summed E-state index contributed by atoms with van der Waals surface area (Å²) in [5.41, 5.74) is 0. The highest BCUT2D eigenvalue weighted by atomic mass is 79.9. The van der Waals surface area contributed by atoms with Gasteiger partial charge in [-0.3, -0.25) is 0 Å². The van der Waals surface area contributed by atoms with Crippen molar-refractivity contribution in [2.24, 2.45) is 0 Å². The molecule has 2 nitrogen and oxygen atoms in total. The third-order valence-corrected chi connectivity index (χ3v) is 4.83. The zero-order chi connectivity index (χ0) is 10.8. The van der Waals surface area contributed by atoms with Crippen LogP contribution in [-0.4, -0.2) is 12.6 Å². The molecular formula is C11H13BrN2S. The second kappa shape index (κ2) is 4.54. The Morgan fingerprint density at radius 1 is 1.60 bits per heavy atom. The molecule has 2 rings (SSSR count). The molecule has 1 aromatic rings. The Labute approximate surface area is 103 Å². The van der Waals surface area contributed by atoms with Crippen LogP contribution in [0.5, 0.6) is 0 Å². The van der Waals surface area contributed by atoms with Crippen molar-refractivity contribution < 1.29 is 0 Å². The van der Waals surface area contributed by atoms with Crippen molar-refractivity contribution in [3.8, 4) is 6.07 Å². The normalized spacial score (nSPS) is 21.4. The molecule has 1 fully saturated rings. The van der Waals surface area contributed by atoms with Gasteiger partial charge < -0.3 is 4.90 Å². The number of hydrogen-bond acceptors (Lipinski definition) is 3. The lowest BCUT2D eigenvalue weighted by atomic mass is 10.0. The van der Waals surface area contributed by atoms with Gasteiger partial charge in [-0.15, -0.1) is 11.3 Å². The van der Waals surface area contributed by atoms with Crippen molar-refractivity contribution in [1.29, 1.82) is 5.26 Å². The van der Waals surface area contributed by atoms with Crippen molar-refractivity contribution in [3.63, 3.8) is 0 Å². The maximum atomic E-state index is 8.91. The summed E-state index contributed by atoms with van der Waals surface area (Å²) < 4.78 is 0.933. The van der Waals surface area contributed by atoms with Crippen LogP contribution in [0.2, 0.25) is 0 Å². The van der Waals surface area contributed by atoms with Gasteiger partial charge in [-0.25, -0.2) is 0 Å². The molecule has 1 saturated heterocycles.